The largest absolute Gasteiger partial charge is 0.307 e. The molecule has 0 saturated heterocycles. The molecule has 2 rings (SSSR count). The number of nitrogens with zero attached hydrogens (tertiary/aromatic N) is 3. The topological polar surface area (TPSA) is 98.0 Å². The Bertz CT molecular complexity index is 679. The van der Waals surface area contributed by atoms with Crippen LogP contribution in [0.2, 0.25) is 0 Å². The van der Waals surface area contributed by atoms with Crippen LogP contribution >= 0.6 is 0 Å². The van der Waals surface area contributed by atoms with Crippen LogP contribution in [-0.2, 0) is 0 Å². The van der Waals surface area contributed by atoms with Crippen molar-refractivity contribution in [2.45, 2.75) is 0 Å². The Morgan fingerprint density at radius 2 is 1.85 bits per heavy atom. The van der Waals surface area contributed by atoms with Crippen molar-refractivity contribution in [1.82, 2.24) is 9.97 Å². The van der Waals surface area contributed by atoms with Crippen molar-refractivity contribution in [3.63, 3.8) is 0 Å². The van der Waals surface area contributed by atoms with Crippen molar-refractivity contribution in [1.29, 1.82) is 0 Å². The average molecular weight is 280 g/mol. The minimum absolute atomic E-state index is 0.101. The Balaban J connectivity index is 2.31. The Kier molecular flexibility index (Phi) is 3.60. The van der Waals surface area contributed by atoms with E-state index in [1.54, 1.807) is 0 Å². The average Bonchev–Trinajstić information content (AvgIpc) is 2.41. The van der Waals surface area contributed by atoms with Gasteiger partial charge in [0.25, 0.3) is 5.91 Å². The number of nitro groups is 1. The Labute approximate surface area is 110 Å². The lowest BCUT2D eigenvalue weighted by molar-refractivity contribution is -0.387. The van der Waals surface area contributed by atoms with Gasteiger partial charge in [0.2, 0.25) is 11.8 Å². The molecule has 1 aromatic carbocycles. The van der Waals surface area contributed by atoms with Gasteiger partial charge in [-0.1, -0.05) is 0 Å². The number of carbonyl (C=O) groups is 1. The zero-order chi connectivity index (χ0) is 14.7. The molecule has 1 amide bonds. The zero-order valence-corrected chi connectivity index (χ0v) is 9.71. The summed E-state index contributed by atoms with van der Waals surface area (Å²) in [6.07, 6.45) is 2.69. The van der Waals surface area contributed by atoms with Crippen LogP contribution in [0.1, 0.15) is 10.4 Å². The standard InChI is InChI=1S/C11H6F2N4O3/c12-7-5-9(17(19)20)8(13)4-6(7)10(18)16-11-14-2-1-3-15-11/h1-5H,(H,14,15,16,18). The Morgan fingerprint density at radius 1 is 1.20 bits per heavy atom. The number of nitrogens with one attached hydrogen (secondary N) is 1. The molecular formula is C11H6F2N4O3. The number of hydrogen-bond acceptors (Lipinski definition) is 5. The molecule has 20 heavy (non-hydrogen) atoms. The lowest BCUT2D eigenvalue weighted by Crippen LogP contribution is -2.16. The van der Waals surface area contributed by atoms with Gasteiger partial charge in [-0.15, -0.1) is 0 Å². The number of halogens is 2. The number of carbonyl (C=O) groups excluding carboxylic acids is 1. The minimum Gasteiger partial charge on any atom is -0.290 e. The molecule has 1 aromatic heterocycles. The second kappa shape index (κ2) is 5.34. The summed E-state index contributed by atoms with van der Waals surface area (Å²) >= 11 is 0. The molecule has 1 heterocycles. The first-order chi connectivity index (χ1) is 9.49. The van der Waals surface area contributed by atoms with E-state index >= 15 is 0 Å². The third-order valence-electron chi connectivity index (χ3n) is 2.27. The predicted octanol–water partition coefficient (Wildman–Crippen LogP) is 1.92. The van der Waals surface area contributed by atoms with Crippen molar-refractivity contribution >= 4 is 17.5 Å². The first-order valence-electron chi connectivity index (χ1n) is 5.21. The van der Waals surface area contributed by atoms with Crippen molar-refractivity contribution in [3.05, 3.63) is 57.9 Å². The molecular weight excluding hydrogens is 274 g/mol. The van der Waals surface area contributed by atoms with E-state index in [1.165, 1.54) is 18.5 Å². The third kappa shape index (κ3) is 2.71. The van der Waals surface area contributed by atoms with E-state index in [4.69, 9.17) is 0 Å². The lowest BCUT2D eigenvalue weighted by atomic mass is 10.1. The molecule has 7 nitrogen and oxygen atoms in total. The summed E-state index contributed by atoms with van der Waals surface area (Å²) in [5.74, 6) is -3.64. The van der Waals surface area contributed by atoms with Crippen molar-refractivity contribution < 1.29 is 18.5 Å². The smallest absolute Gasteiger partial charge is 0.290 e. The second-order valence-electron chi connectivity index (χ2n) is 3.57. The molecule has 0 aliphatic carbocycles. The maximum atomic E-state index is 13.6. The summed E-state index contributed by atoms with van der Waals surface area (Å²) in [7, 11) is 0. The van der Waals surface area contributed by atoms with Crippen LogP contribution < -0.4 is 5.32 Å². The SMILES string of the molecule is O=C(Nc1ncccn1)c1cc(F)c([N+](=O)[O-])cc1F. The lowest BCUT2D eigenvalue weighted by Gasteiger charge is -2.04. The normalized spacial score (nSPS) is 10.1. The maximum absolute atomic E-state index is 13.6. The van der Waals surface area contributed by atoms with E-state index in [1.807, 2.05) is 0 Å². The van der Waals surface area contributed by atoms with Gasteiger partial charge in [-0.2, -0.15) is 4.39 Å². The van der Waals surface area contributed by atoms with Crippen LogP contribution in [0.4, 0.5) is 20.4 Å². The molecule has 0 unspecified atom stereocenters. The van der Waals surface area contributed by atoms with Gasteiger partial charge in [-0.25, -0.2) is 14.4 Å². The van der Waals surface area contributed by atoms with E-state index < -0.39 is 33.7 Å². The van der Waals surface area contributed by atoms with Gasteiger partial charge >= 0.3 is 5.69 Å². The molecule has 0 aliphatic heterocycles. The highest BCUT2D eigenvalue weighted by molar-refractivity contribution is 6.03. The van der Waals surface area contributed by atoms with Crippen LogP contribution in [0.25, 0.3) is 0 Å². The van der Waals surface area contributed by atoms with E-state index in [9.17, 15) is 23.7 Å². The highest BCUT2D eigenvalue weighted by Crippen LogP contribution is 2.21. The number of aromatic nitrogens is 2. The molecule has 0 bridgehead atoms. The van der Waals surface area contributed by atoms with Crippen LogP contribution in [0.5, 0.6) is 0 Å². The molecule has 0 fully saturated rings. The highest BCUT2D eigenvalue weighted by atomic mass is 19.1. The quantitative estimate of drug-likeness (QED) is 0.684. The molecule has 0 atom stereocenters. The number of hydrogen-bond donors (Lipinski definition) is 1. The second-order valence-corrected chi connectivity index (χ2v) is 3.57. The number of rotatable bonds is 3. The van der Waals surface area contributed by atoms with Gasteiger partial charge in [-0.05, 0) is 12.1 Å². The van der Waals surface area contributed by atoms with Gasteiger partial charge in [0.15, 0.2) is 0 Å². The number of benzene rings is 1. The van der Waals surface area contributed by atoms with Crippen LogP contribution in [0, 0.1) is 21.7 Å². The summed E-state index contributed by atoms with van der Waals surface area (Å²) < 4.78 is 26.9. The summed E-state index contributed by atoms with van der Waals surface area (Å²) in [5, 5.41) is 12.6. The van der Waals surface area contributed by atoms with Crippen LogP contribution in [0.15, 0.2) is 30.6 Å². The van der Waals surface area contributed by atoms with Gasteiger partial charge in [0.05, 0.1) is 16.6 Å². The Hall–Kier alpha value is -2.97. The van der Waals surface area contributed by atoms with Gasteiger partial charge < -0.3 is 0 Å². The summed E-state index contributed by atoms with van der Waals surface area (Å²) in [5.41, 5.74) is -1.73. The molecule has 2 aromatic rings. The monoisotopic (exact) mass is 280 g/mol. The fourth-order valence-corrected chi connectivity index (χ4v) is 1.38. The van der Waals surface area contributed by atoms with Gasteiger partial charge in [-0.3, -0.25) is 20.2 Å². The summed E-state index contributed by atoms with van der Waals surface area (Å²) in [4.78, 5) is 28.4. The molecule has 0 radical (unpaired) electrons. The van der Waals surface area contributed by atoms with E-state index in [0.717, 1.165) is 0 Å². The first-order valence-corrected chi connectivity index (χ1v) is 5.21. The summed E-state index contributed by atoms with van der Waals surface area (Å²) in [6, 6.07) is 2.30. The number of nitro benzene ring substituents is 1. The fraction of sp³-hybridized carbons (Fsp3) is 0. The van der Waals surface area contributed by atoms with Crippen molar-refractivity contribution in [2.24, 2.45) is 0 Å². The van der Waals surface area contributed by atoms with Crippen molar-refractivity contribution in [3.8, 4) is 0 Å². The molecule has 0 saturated carbocycles. The molecule has 102 valence electrons. The first kappa shape index (κ1) is 13.5. The maximum Gasteiger partial charge on any atom is 0.307 e. The number of amides is 1. The third-order valence-corrected chi connectivity index (χ3v) is 2.27. The Morgan fingerprint density at radius 3 is 2.45 bits per heavy atom. The zero-order valence-electron chi connectivity index (χ0n) is 9.71. The van der Waals surface area contributed by atoms with Gasteiger partial charge in [0, 0.05) is 12.4 Å². The minimum atomic E-state index is -1.31. The van der Waals surface area contributed by atoms with E-state index in [2.05, 4.69) is 15.3 Å². The van der Waals surface area contributed by atoms with E-state index in [0.29, 0.717) is 12.1 Å². The van der Waals surface area contributed by atoms with Gasteiger partial charge in [0.1, 0.15) is 5.82 Å². The summed E-state index contributed by atoms with van der Waals surface area (Å²) in [6.45, 7) is 0. The number of anilines is 1. The fourth-order valence-electron chi connectivity index (χ4n) is 1.38. The highest BCUT2D eigenvalue weighted by Gasteiger charge is 2.22. The van der Waals surface area contributed by atoms with Crippen LogP contribution in [-0.4, -0.2) is 20.8 Å². The predicted molar refractivity (Wildman–Crippen MR) is 63.0 cm³/mol. The molecule has 0 spiro atoms. The molecule has 9 heteroatoms. The molecule has 1 N–H and O–H groups in total. The molecule has 0 aliphatic rings. The van der Waals surface area contributed by atoms with Crippen molar-refractivity contribution in [2.75, 3.05) is 5.32 Å². The van der Waals surface area contributed by atoms with E-state index in [-0.39, 0.29) is 5.95 Å². The van der Waals surface area contributed by atoms with Crippen LogP contribution in [0.3, 0.4) is 0 Å².